The molecule has 0 saturated carbocycles. The van der Waals surface area contributed by atoms with E-state index in [0.29, 0.717) is 0 Å². The van der Waals surface area contributed by atoms with Crippen LogP contribution in [0.1, 0.15) is 6.92 Å². The molecule has 0 aliphatic heterocycles. The molecular formula is C9H7FN6O3. The summed E-state index contributed by atoms with van der Waals surface area (Å²) in [5.41, 5.74) is -0.875. The van der Waals surface area contributed by atoms with Crippen LogP contribution in [-0.4, -0.2) is 31.0 Å². The number of tetrazole rings is 1. The topological polar surface area (TPSA) is 116 Å². The van der Waals surface area contributed by atoms with Crippen molar-refractivity contribution in [3.05, 3.63) is 34.4 Å². The van der Waals surface area contributed by atoms with Gasteiger partial charge < -0.3 is 5.32 Å². The van der Waals surface area contributed by atoms with E-state index in [0.717, 1.165) is 30.1 Å². The Morgan fingerprint density at radius 3 is 2.79 bits per heavy atom. The van der Waals surface area contributed by atoms with E-state index in [2.05, 4.69) is 20.8 Å². The van der Waals surface area contributed by atoms with E-state index in [1.807, 2.05) is 0 Å². The Balaban J connectivity index is 2.58. The Labute approximate surface area is 105 Å². The second-order valence-electron chi connectivity index (χ2n) is 3.51. The molecule has 1 aromatic carbocycles. The normalized spacial score (nSPS) is 10.2. The average molecular weight is 266 g/mol. The number of nitrogens with one attached hydrogen (secondary N) is 1. The number of hydrogen-bond acceptors (Lipinski definition) is 6. The second kappa shape index (κ2) is 4.76. The van der Waals surface area contributed by atoms with Crippen molar-refractivity contribution in [3.63, 3.8) is 0 Å². The van der Waals surface area contributed by atoms with Gasteiger partial charge in [0, 0.05) is 19.1 Å². The number of rotatable bonds is 3. The first-order valence-corrected chi connectivity index (χ1v) is 4.98. The third-order valence-electron chi connectivity index (χ3n) is 2.17. The van der Waals surface area contributed by atoms with E-state index in [-0.39, 0.29) is 11.4 Å². The first kappa shape index (κ1) is 12.5. The van der Waals surface area contributed by atoms with Gasteiger partial charge in [-0.25, -0.2) is 4.39 Å². The van der Waals surface area contributed by atoms with Crippen molar-refractivity contribution in [2.45, 2.75) is 6.92 Å². The number of nitro benzene ring substituents is 1. The Hall–Kier alpha value is -2.91. The molecule has 0 bridgehead atoms. The zero-order valence-electron chi connectivity index (χ0n) is 9.57. The van der Waals surface area contributed by atoms with Crippen LogP contribution in [0.15, 0.2) is 18.5 Å². The summed E-state index contributed by atoms with van der Waals surface area (Å²) < 4.78 is 14.8. The highest BCUT2D eigenvalue weighted by molar-refractivity contribution is 5.91. The lowest BCUT2D eigenvalue weighted by Gasteiger charge is -2.07. The fraction of sp³-hybridized carbons (Fsp3) is 0.111. The number of halogens is 1. The van der Waals surface area contributed by atoms with Gasteiger partial charge in [0.25, 0.3) is 5.69 Å². The summed E-state index contributed by atoms with van der Waals surface area (Å²) in [7, 11) is 0. The number of aromatic nitrogens is 4. The molecule has 1 N–H and O–H groups in total. The standard InChI is InChI=1S/C9H7FN6O3/c1-5(17)12-7-2-6(10)8(3-9(7)16(18)19)15-4-11-13-14-15/h2-4H,1H3,(H,12,17). The zero-order valence-corrected chi connectivity index (χ0v) is 9.57. The second-order valence-corrected chi connectivity index (χ2v) is 3.51. The van der Waals surface area contributed by atoms with Crippen molar-refractivity contribution in [2.75, 3.05) is 5.32 Å². The van der Waals surface area contributed by atoms with Crippen molar-refractivity contribution in [3.8, 4) is 5.69 Å². The summed E-state index contributed by atoms with van der Waals surface area (Å²) in [5.74, 6) is -1.35. The van der Waals surface area contributed by atoms with Crippen molar-refractivity contribution in [1.29, 1.82) is 0 Å². The molecule has 10 heteroatoms. The molecule has 1 amide bonds. The molecule has 19 heavy (non-hydrogen) atoms. The summed E-state index contributed by atoms with van der Waals surface area (Å²) in [6.45, 7) is 1.16. The highest BCUT2D eigenvalue weighted by atomic mass is 19.1. The molecule has 0 fully saturated rings. The van der Waals surface area contributed by atoms with E-state index >= 15 is 0 Å². The van der Waals surface area contributed by atoms with Crippen molar-refractivity contribution in [2.24, 2.45) is 0 Å². The van der Waals surface area contributed by atoms with Gasteiger partial charge in [-0.2, -0.15) is 4.68 Å². The summed E-state index contributed by atoms with van der Waals surface area (Å²) >= 11 is 0. The fourth-order valence-corrected chi connectivity index (χ4v) is 1.44. The molecule has 1 aromatic heterocycles. The number of carbonyl (C=O) groups is 1. The Morgan fingerprint density at radius 2 is 2.26 bits per heavy atom. The van der Waals surface area contributed by atoms with Gasteiger partial charge in [-0.05, 0) is 10.4 Å². The predicted molar refractivity (Wildman–Crippen MR) is 60.1 cm³/mol. The van der Waals surface area contributed by atoms with Crippen LogP contribution in [0.2, 0.25) is 0 Å². The number of nitrogens with zero attached hydrogens (tertiary/aromatic N) is 5. The molecule has 0 saturated heterocycles. The van der Waals surface area contributed by atoms with Gasteiger partial charge >= 0.3 is 0 Å². The average Bonchev–Trinajstić information content (AvgIpc) is 2.81. The van der Waals surface area contributed by atoms with Gasteiger partial charge in [-0.1, -0.05) is 0 Å². The van der Waals surface area contributed by atoms with Crippen LogP contribution < -0.4 is 5.32 Å². The Kier molecular flexibility index (Phi) is 3.14. The molecule has 98 valence electrons. The maximum atomic E-state index is 13.8. The summed E-state index contributed by atoms with van der Waals surface area (Å²) in [6.07, 6.45) is 1.10. The van der Waals surface area contributed by atoms with Crippen LogP contribution in [0.25, 0.3) is 5.69 Å². The smallest absolute Gasteiger partial charge is 0.295 e. The fourth-order valence-electron chi connectivity index (χ4n) is 1.44. The third kappa shape index (κ3) is 2.51. The number of amides is 1. The monoisotopic (exact) mass is 266 g/mol. The molecule has 0 unspecified atom stereocenters. The number of carbonyl (C=O) groups excluding carboxylic acids is 1. The van der Waals surface area contributed by atoms with Crippen LogP contribution in [0, 0.1) is 15.9 Å². The number of anilines is 1. The molecule has 0 atom stereocenters. The summed E-state index contributed by atoms with van der Waals surface area (Å²) in [5, 5.41) is 23.2. The first-order chi connectivity index (χ1) is 8.99. The molecule has 0 aliphatic rings. The Bertz CT molecular complexity index is 642. The molecule has 2 rings (SSSR count). The van der Waals surface area contributed by atoms with Crippen LogP contribution in [0.3, 0.4) is 0 Å². The van der Waals surface area contributed by atoms with Gasteiger partial charge in [-0.15, -0.1) is 5.10 Å². The predicted octanol–water partition coefficient (Wildman–Crippen LogP) is 0.668. The van der Waals surface area contributed by atoms with Crippen molar-refractivity contribution in [1.82, 2.24) is 20.2 Å². The largest absolute Gasteiger partial charge is 0.321 e. The maximum absolute atomic E-state index is 13.8. The molecule has 0 radical (unpaired) electrons. The summed E-state index contributed by atoms with van der Waals surface area (Å²) in [4.78, 5) is 21.1. The van der Waals surface area contributed by atoms with Crippen LogP contribution in [0.4, 0.5) is 15.8 Å². The van der Waals surface area contributed by atoms with Gasteiger partial charge in [0.05, 0.1) is 4.92 Å². The van der Waals surface area contributed by atoms with Gasteiger partial charge in [0.15, 0.2) is 5.82 Å². The number of nitro groups is 1. The number of benzene rings is 1. The minimum atomic E-state index is -0.804. The van der Waals surface area contributed by atoms with Gasteiger partial charge in [0.1, 0.15) is 17.7 Å². The SMILES string of the molecule is CC(=O)Nc1cc(F)c(-n2cnnn2)cc1[N+](=O)[O-]. The lowest BCUT2D eigenvalue weighted by atomic mass is 10.2. The first-order valence-electron chi connectivity index (χ1n) is 4.98. The molecule has 0 spiro atoms. The maximum Gasteiger partial charge on any atom is 0.295 e. The minimum Gasteiger partial charge on any atom is -0.321 e. The highest BCUT2D eigenvalue weighted by Crippen LogP contribution is 2.29. The van der Waals surface area contributed by atoms with E-state index in [1.165, 1.54) is 0 Å². The lowest BCUT2D eigenvalue weighted by Crippen LogP contribution is -2.10. The number of hydrogen-bond donors (Lipinski definition) is 1. The molecule has 0 aliphatic carbocycles. The highest BCUT2D eigenvalue weighted by Gasteiger charge is 2.20. The van der Waals surface area contributed by atoms with Gasteiger partial charge in [0.2, 0.25) is 5.91 Å². The van der Waals surface area contributed by atoms with Gasteiger partial charge in [-0.3, -0.25) is 14.9 Å². The molecule has 2 aromatic rings. The van der Waals surface area contributed by atoms with Crippen molar-refractivity contribution < 1.29 is 14.1 Å². The third-order valence-corrected chi connectivity index (χ3v) is 2.17. The van der Waals surface area contributed by atoms with Crippen molar-refractivity contribution >= 4 is 17.3 Å². The lowest BCUT2D eigenvalue weighted by molar-refractivity contribution is -0.383. The van der Waals surface area contributed by atoms with Crippen LogP contribution >= 0.6 is 0 Å². The molecule has 9 nitrogen and oxygen atoms in total. The van der Waals surface area contributed by atoms with E-state index in [4.69, 9.17) is 0 Å². The zero-order chi connectivity index (χ0) is 14.0. The molecular weight excluding hydrogens is 259 g/mol. The van der Waals surface area contributed by atoms with Crippen LogP contribution in [0.5, 0.6) is 0 Å². The van der Waals surface area contributed by atoms with E-state index in [9.17, 15) is 19.3 Å². The van der Waals surface area contributed by atoms with E-state index < -0.39 is 22.3 Å². The van der Waals surface area contributed by atoms with Crippen LogP contribution in [-0.2, 0) is 4.79 Å². The summed E-state index contributed by atoms with van der Waals surface area (Å²) in [6, 6.07) is 1.79. The molecule has 1 heterocycles. The minimum absolute atomic E-state index is 0.189. The quantitative estimate of drug-likeness (QED) is 0.644. The Morgan fingerprint density at radius 1 is 1.53 bits per heavy atom. The van der Waals surface area contributed by atoms with E-state index in [1.54, 1.807) is 0 Å².